The van der Waals surface area contributed by atoms with E-state index in [-0.39, 0.29) is 11.5 Å². The van der Waals surface area contributed by atoms with Crippen molar-refractivity contribution in [3.63, 3.8) is 0 Å². The van der Waals surface area contributed by atoms with Crippen LogP contribution in [0, 0.1) is 5.82 Å². The maximum atomic E-state index is 14.3. The van der Waals surface area contributed by atoms with E-state index in [9.17, 15) is 9.18 Å². The second-order valence-corrected chi connectivity index (χ2v) is 7.04. The van der Waals surface area contributed by atoms with E-state index in [1.807, 2.05) is 43.5 Å². The molecule has 152 valence electrons. The number of rotatable bonds is 5. The first-order valence-corrected chi connectivity index (χ1v) is 9.69. The summed E-state index contributed by atoms with van der Waals surface area (Å²) >= 11 is 0. The minimum Gasteiger partial charge on any atom is -0.496 e. The molecule has 0 spiro atoms. The van der Waals surface area contributed by atoms with E-state index in [1.165, 1.54) is 11.0 Å². The molecule has 0 aliphatic rings. The number of carbonyl (C=O) groups excluding carboxylic acids is 1. The molecule has 6 heteroatoms. The quantitative estimate of drug-likeness (QED) is 0.502. The zero-order chi connectivity index (χ0) is 21.3. The van der Waals surface area contributed by atoms with Crippen LogP contribution >= 0.6 is 0 Å². The Balaban J connectivity index is 1.82. The zero-order valence-electron chi connectivity index (χ0n) is 17.1. The van der Waals surface area contributed by atoms with Crippen LogP contribution in [0.4, 0.5) is 4.39 Å². The predicted molar refractivity (Wildman–Crippen MR) is 116 cm³/mol. The normalized spacial score (nSPS) is 10.9. The van der Waals surface area contributed by atoms with Gasteiger partial charge in [-0.05, 0) is 36.8 Å². The topological polar surface area (TPSA) is 58.2 Å². The first-order valence-electron chi connectivity index (χ1n) is 9.69. The third kappa shape index (κ3) is 3.41. The number of hydrogen-bond donors (Lipinski definition) is 1. The summed E-state index contributed by atoms with van der Waals surface area (Å²) in [7, 11) is 3.29. The van der Waals surface area contributed by atoms with E-state index in [4.69, 9.17) is 4.74 Å². The molecule has 0 aliphatic carbocycles. The second kappa shape index (κ2) is 7.99. The molecule has 0 saturated carbocycles. The lowest BCUT2D eigenvalue weighted by molar-refractivity contribution is 0.0798. The van der Waals surface area contributed by atoms with Gasteiger partial charge in [-0.3, -0.25) is 4.79 Å². The minimum absolute atomic E-state index is 0.0518. The predicted octanol–water partition coefficient (Wildman–Crippen LogP) is 5.14. The van der Waals surface area contributed by atoms with Crippen LogP contribution in [0.25, 0.3) is 33.3 Å². The maximum Gasteiger partial charge on any atom is 0.256 e. The van der Waals surface area contributed by atoms with Gasteiger partial charge >= 0.3 is 0 Å². The van der Waals surface area contributed by atoms with Crippen molar-refractivity contribution in [2.24, 2.45) is 0 Å². The molecule has 4 rings (SSSR count). The summed E-state index contributed by atoms with van der Waals surface area (Å²) in [6.07, 6.45) is 3.62. The van der Waals surface area contributed by atoms with Crippen LogP contribution in [-0.2, 0) is 0 Å². The van der Waals surface area contributed by atoms with Crippen molar-refractivity contribution in [1.29, 1.82) is 0 Å². The number of fused-ring (bicyclic) bond motifs is 1. The largest absolute Gasteiger partial charge is 0.496 e. The SMILES string of the molecule is CCN(C)C(=O)c1cc(-c2cnc3[nH]cc(-c4ccccc4OC)c3c2)ccc1F. The highest BCUT2D eigenvalue weighted by Crippen LogP contribution is 2.36. The Morgan fingerprint density at radius 2 is 1.93 bits per heavy atom. The molecule has 1 amide bonds. The van der Waals surface area contributed by atoms with Crippen LogP contribution in [0.1, 0.15) is 17.3 Å². The number of nitrogens with zero attached hydrogens (tertiary/aromatic N) is 2. The number of halogens is 1. The highest BCUT2D eigenvalue weighted by Gasteiger charge is 2.17. The van der Waals surface area contributed by atoms with Gasteiger partial charge in [-0.25, -0.2) is 9.37 Å². The van der Waals surface area contributed by atoms with Crippen LogP contribution in [-0.4, -0.2) is 41.5 Å². The van der Waals surface area contributed by atoms with Gasteiger partial charge in [0.25, 0.3) is 5.91 Å². The van der Waals surface area contributed by atoms with Gasteiger partial charge in [0.2, 0.25) is 0 Å². The van der Waals surface area contributed by atoms with Gasteiger partial charge in [-0.15, -0.1) is 0 Å². The molecule has 2 heterocycles. The number of pyridine rings is 1. The lowest BCUT2D eigenvalue weighted by atomic mass is 10.00. The van der Waals surface area contributed by atoms with Gasteiger partial charge in [0.05, 0.1) is 12.7 Å². The second-order valence-electron chi connectivity index (χ2n) is 7.04. The van der Waals surface area contributed by atoms with E-state index in [1.54, 1.807) is 32.5 Å². The molecule has 30 heavy (non-hydrogen) atoms. The van der Waals surface area contributed by atoms with Gasteiger partial charge < -0.3 is 14.6 Å². The van der Waals surface area contributed by atoms with E-state index in [2.05, 4.69) is 9.97 Å². The third-order valence-electron chi connectivity index (χ3n) is 5.28. The highest BCUT2D eigenvalue weighted by molar-refractivity contribution is 5.98. The lowest BCUT2D eigenvalue weighted by Crippen LogP contribution is -2.27. The Morgan fingerprint density at radius 3 is 2.70 bits per heavy atom. The summed E-state index contributed by atoms with van der Waals surface area (Å²) < 4.78 is 19.8. The summed E-state index contributed by atoms with van der Waals surface area (Å²) in [6.45, 7) is 2.35. The molecule has 0 aliphatic heterocycles. The fraction of sp³-hybridized carbons (Fsp3) is 0.167. The number of nitrogens with one attached hydrogen (secondary N) is 1. The Bertz CT molecular complexity index is 1230. The minimum atomic E-state index is -0.533. The van der Waals surface area contributed by atoms with E-state index in [0.29, 0.717) is 6.54 Å². The smallest absolute Gasteiger partial charge is 0.256 e. The number of benzene rings is 2. The molecule has 2 aromatic heterocycles. The zero-order valence-corrected chi connectivity index (χ0v) is 17.1. The molecule has 0 fully saturated rings. The molecule has 0 unspecified atom stereocenters. The molecule has 0 saturated heterocycles. The number of aromatic nitrogens is 2. The maximum absolute atomic E-state index is 14.3. The molecule has 0 bridgehead atoms. The summed E-state index contributed by atoms with van der Waals surface area (Å²) in [5.74, 6) is -0.113. The molecular formula is C24H22FN3O2. The lowest BCUT2D eigenvalue weighted by Gasteiger charge is -2.15. The van der Waals surface area contributed by atoms with Crippen LogP contribution in [0.15, 0.2) is 60.9 Å². The molecule has 4 aromatic rings. The number of H-pyrrole nitrogens is 1. The number of hydrogen-bond acceptors (Lipinski definition) is 3. The third-order valence-corrected chi connectivity index (χ3v) is 5.28. The first kappa shape index (κ1) is 19.6. The molecule has 2 aromatic carbocycles. The van der Waals surface area contributed by atoms with Crippen molar-refractivity contribution in [3.05, 3.63) is 72.3 Å². The van der Waals surface area contributed by atoms with Crippen molar-refractivity contribution >= 4 is 16.9 Å². The van der Waals surface area contributed by atoms with Gasteiger partial charge in [0.15, 0.2) is 0 Å². The Hall–Kier alpha value is -3.67. The summed E-state index contributed by atoms with van der Waals surface area (Å²) in [4.78, 5) is 21.7. The van der Waals surface area contributed by atoms with Gasteiger partial charge in [0, 0.05) is 48.1 Å². The van der Waals surface area contributed by atoms with Crippen molar-refractivity contribution in [1.82, 2.24) is 14.9 Å². The van der Waals surface area contributed by atoms with Crippen LogP contribution in [0.3, 0.4) is 0 Å². The number of methoxy groups -OCH3 is 1. The number of amides is 1. The Morgan fingerprint density at radius 1 is 1.13 bits per heavy atom. The standard InChI is InChI=1S/C24H22FN3O2/c1-4-28(2)24(29)19-11-15(9-10-21(19)25)16-12-18-20(14-27-23(18)26-13-16)17-7-5-6-8-22(17)30-3/h5-14H,4H2,1-3H3,(H,26,27). The van der Waals surface area contributed by atoms with Crippen molar-refractivity contribution in [3.8, 4) is 28.0 Å². The number of para-hydroxylation sites is 1. The van der Waals surface area contributed by atoms with Crippen LogP contribution in [0.5, 0.6) is 5.75 Å². The highest BCUT2D eigenvalue weighted by atomic mass is 19.1. The first-order chi connectivity index (χ1) is 14.5. The van der Waals surface area contributed by atoms with Gasteiger partial charge in [0.1, 0.15) is 17.2 Å². The number of carbonyl (C=O) groups is 1. The van der Waals surface area contributed by atoms with Crippen LogP contribution in [0.2, 0.25) is 0 Å². The van der Waals surface area contributed by atoms with Crippen molar-refractivity contribution < 1.29 is 13.9 Å². The van der Waals surface area contributed by atoms with E-state index < -0.39 is 5.82 Å². The molecule has 0 radical (unpaired) electrons. The van der Waals surface area contributed by atoms with Crippen LogP contribution < -0.4 is 4.74 Å². The monoisotopic (exact) mass is 403 g/mol. The number of ether oxygens (including phenoxy) is 1. The van der Waals surface area contributed by atoms with Gasteiger partial charge in [-0.2, -0.15) is 0 Å². The fourth-order valence-corrected chi connectivity index (χ4v) is 3.47. The molecular weight excluding hydrogens is 381 g/mol. The fourth-order valence-electron chi connectivity index (χ4n) is 3.47. The molecule has 1 N–H and O–H groups in total. The van der Waals surface area contributed by atoms with E-state index in [0.717, 1.165) is 39.0 Å². The van der Waals surface area contributed by atoms with Gasteiger partial charge in [-0.1, -0.05) is 24.3 Å². The molecule has 5 nitrogen and oxygen atoms in total. The van der Waals surface area contributed by atoms with Crippen molar-refractivity contribution in [2.45, 2.75) is 6.92 Å². The Kier molecular flexibility index (Phi) is 5.23. The average Bonchev–Trinajstić information content (AvgIpc) is 3.21. The summed E-state index contributed by atoms with van der Waals surface area (Å²) in [6, 6.07) is 14.3. The molecule has 0 atom stereocenters. The van der Waals surface area contributed by atoms with Crippen molar-refractivity contribution in [2.75, 3.05) is 20.7 Å². The average molecular weight is 403 g/mol. The summed E-state index contributed by atoms with van der Waals surface area (Å²) in [5.41, 5.74) is 4.22. The summed E-state index contributed by atoms with van der Waals surface area (Å²) in [5, 5.41) is 0.917. The van der Waals surface area contributed by atoms with E-state index >= 15 is 0 Å². The Labute approximate surface area is 174 Å². The number of aromatic amines is 1.